The zero-order valence-corrected chi connectivity index (χ0v) is 17.1. The van der Waals surface area contributed by atoms with Crippen LogP contribution < -0.4 is 15.5 Å². The lowest BCUT2D eigenvalue weighted by atomic mass is 10.1. The second-order valence-corrected chi connectivity index (χ2v) is 8.11. The molecule has 28 heavy (non-hydrogen) atoms. The lowest BCUT2D eigenvalue weighted by molar-refractivity contribution is -0.139. The van der Waals surface area contributed by atoms with E-state index in [0.717, 1.165) is 43.9 Å². The zero-order chi connectivity index (χ0) is 19.8. The summed E-state index contributed by atoms with van der Waals surface area (Å²) in [4.78, 5) is 29.4. The van der Waals surface area contributed by atoms with Crippen LogP contribution in [0.5, 0.6) is 0 Å². The number of piperazine rings is 1. The summed E-state index contributed by atoms with van der Waals surface area (Å²) < 4.78 is 0. The van der Waals surface area contributed by atoms with Crippen LogP contribution in [-0.2, 0) is 22.6 Å². The average molecular weight is 401 g/mol. The number of anilines is 1. The molecule has 2 amide bonds. The summed E-state index contributed by atoms with van der Waals surface area (Å²) in [7, 11) is 2.16. The maximum atomic E-state index is 11.8. The number of rotatable bonds is 7. The van der Waals surface area contributed by atoms with Gasteiger partial charge in [-0.15, -0.1) is 11.3 Å². The Morgan fingerprint density at radius 1 is 1.00 bits per heavy atom. The topological polar surface area (TPSA) is 64.7 Å². The molecule has 7 heteroatoms. The number of benzene rings is 1. The summed E-state index contributed by atoms with van der Waals surface area (Å²) in [5.41, 5.74) is 2.52. The molecule has 1 fully saturated rings. The van der Waals surface area contributed by atoms with Crippen molar-refractivity contribution in [1.29, 1.82) is 0 Å². The molecule has 1 saturated heterocycles. The molecule has 0 atom stereocenters. The molecule has 0 unspecified atom stereocenters. The third-order valence-corrected chi connectivity index (χ3v) is 5.82. The van der Waals surface area contributed by atoms with Crippen molar-refractivity contribution in [3.63, 3.8) is 0 Å². The third-order valence-electron chi connectivity index (χ3n) is 4.94. The molecule has 0 saturated carbocycles. The van der Waals surface area contributed by atoms with Crippen LogP contribution in [-0.4, -0.2) is 56.5 Å². The van der Waals surface area contributed by atoms with Gasteiger partial charge in [-0.25, -0.2) is 0 Å². The van der Waals surface area contributed by atoms with Crippen molar-refractivity contribution in [2.24, 2.45) is 0 Å². The van der Waals surface area contributed by atoms with Crippen LogP contribution in [0.1, 0.15) is 16.9 Å². The fourth-order valence-electron chi connectivity index (χ4n) is 3.17. The maximum absolute atomic E-state index is 11.8. The number of thiophene rings is 1. The van der Waals surface area contributed by atoms with Crippen LogP contribution in [0.3, 0.4) is 0 Å². The highest BCUT2D eigenvalue weighted by molar-refractivity contribution is 7.09. The molecule has 0 aliphatic carbocycles. The summed E-state index contributed by atoms with van der Waals surface area (Å²) in [6, 6.07) is 12.5. The summed E-state index contributed by atoms with van der Waals surface area (Å²) in [5, 5.41) is 7.27. The Kier molecular flexibility index (Phi) is 7.45. The van der Waals surface area contributed by atoms with Crippen LogP contribution in [0, 0.1) is 0 Å². The van der Waals surface area contributed by atoms with Crippen molar-refractivity contribution in [3.8, 4) is 0 Å². The van der Waals surface area contributed by atoms with Crippen LogP contribution in [0.25, 0.3) is 0 Å². The van der Waals surface area contributed by atoms with Gasteiger partial charge >= 0.3 is 11.8 Å². The van der Waals surface area contributed by atoms with Gasteiger partial charge in [0.15, 0.2) is 0 Å². The minimum atomic E-state index is -0.579. The monoisotopic (exact) mass is 400 g/mol. The predicted molar refractivity (Wildman–Crippen MR) is 114 cm³/mol. The smallest absolute Gasteiger partial charge is 0.309 e. The second-order valence-electron chi connectivity index (χ2n) is 7.08. The van der Waals surface area contributed by atoms with Gasteiger partial charge in [-0.05, 0) is 49.0 Å². The molecule has 3 rings (SSSR count). The SMILES string of the molecule is CN1CCN(c2ccc(CCCNC(=O)C(=O)NCc3cccs3)cc2)CC1. The molecule has 2 heterocycles. The van der Waals surface area contributed by atoms with Gasteiger partial charge in [0.2, 0.25) is 0 Å². The zero-order valence-electron chi connectivity index (χ0n) is 16.3. The maximum Gasteiger partial charge on any atom is 0.309 e. The fourth-order valence-corrected chi connectivity index (χ4v) is 3.82. The fraction of sp³-hybridized carbons (Fsp3) is 0.429. The predicted octanol–water partition coefficient (Wildman–Crippen LogP) is 1.87. The van der Waals surface area contributed by atoms with E-state index in [4.69, 9.17) is 0 Å². The summed E-state index contributed by atoms with van der Waals surface area (Å²) >= 11 is 1.55. The first-order chi connectivity index (χ1) is 13.6. The Hall–Kier alpha value is -2.38. The Balaban J connectivity index is 1.33. The average Bonchev–Trinajstić information content (AvgIpc) is 3.24. The highest BCUT2D eigenvalue weighted by Gasteiger charge is 2.14. The molecule has 0 spiro atoms. The van der Waals surface area contributed by atoms with E-state index in [-0.39, 0.29) is 0 Å². The summed E-state index contributed by atoms with van der Waals surface area (Å²) in [6.07, 6.45) is 1.68. The lowest BCUT2D eigenvalue weighted by Gasteiger charge is -2.34. The molecule has 1 aliphatic heterocycles. The van der Waals surface area contributed by atoms with Gasteiger partial charge in [-0.2, -0.15) is 0 Å². The molecule has 150 valence electrons. The van der Waals surface area contributed by atoms with Crippen LogP contribution in [0.15, 0.2) is 41.8 Å². The van der Waals surface area contributed by atoms with E-state index in [1.165, 1.54) is 11.3 Å². The minimum absolute atomic E-state index is 0.392. The van der Waals surface area contributed by atoms with E-state index in [0.29, 0.717) is 13.1 Å². The van der Waals surface area contributed by atoms with E-state index in [9.17, 15) is 9.59 Å². The van der Waals surface area contributed by atoms with Gasteiger partial charge in [0.1, 0.15) is 0 Å². The van der Waals surface area contributed by atoms with Crippen molar-refractivity contribution < 1.29 is 9.59 Å². The molecule has 0 bridgehead atoms. The minimum Gasteiger partial charge on any atom is -0.369 e. The molecule has 1 aliphatic rings. The number of hydrogen-bond acceptors (Lipinski definition) is 5. The summed E-state index contributed by atoms with van der Waals surface area (Å²) in [6.45, 7) is 5.21. The first-order valence-electron chi connectivity index (χ1n) is 9.72. The van der Waals surface area contributed by atoms with Gasteiger partial charge < -0.3 is 20.4 Å². The molecule has 2 N–H and O–H groups in total. The van der Waals surface area contributed by atoms with Crippen molar-refractivity contribution >= 4 is 28.8 Å². The van der Waals surface area contributed by atoms with Crippen molar-refractivity contribution in [2.75, 3.05) is 44.7 Å². The van der Waals surface area contributed by atoms with Crippen LogP contribution >= 0.6 is 11.3 Å². The van der Waals surface area contributed by atoms with Gasteiger partial charge in [-0.1, -0.05) is 18.2 Å². The van der Waals surface area contributed by atoms with Crippen molar-refractivity contribution in [2.45, 2.75) is 19.4 Å². The Labute approximate surface area is 170 Å². The van der Waals surface area contributed by atoms with E-state index >= 15 is 0 Å². The number of hydrogen-bond donors (Lipinski definition) is 2. The normalized spacial score (nSPS) is 14.7. The molecule has 1 aromatic carbocycles. The van der Waals surface area contributed by atoms with Gasteiger partial charge in [0.25, 0.3) is 0 Å². The number of likely N-dealkylation sites (N-methyl/N-ethyl adjacent to an activating group) is 1. The highest BCUT2D eigenvalue weighted by atomic mass is 32.1. The standard InChI is InChI=1S/C21H28N4O2S/c1-24-11-13-25(14-12-24)18-8-6-17(7-9-18)4-2-10-22-20(26)21(27)23-16-19-5-3-15-28-19/h3,5-9,15H,2,4,10-14,16H2,1H3,(H,22,26)(H,23,27). The van der Waals surface area contributed by atoms with Crippen LogP contribution in [0.4, 0.5) is 5.69 Å². The number of aryl methyl sites for hydroxylation is 1. The number of carbonyl (C=O) groups excluding carboxylic acids is 2. The van der Waals surface area contributed by atoms with Crippen molar-refractivity contribution in [3.05, 3.63) is 52.2 Å². The van der Waals surface area contributed by atoms with E-state index in [2.05, 4.69) is 51.7 Å². The number of nitrogens with one attached hydrogen (secondary N) is 2. The molecule has 0 radical (unpaired) electrons. The molecule has 1 aromatic heterocycles. The molecular formula is C21H28N4O2S. The number of amides is 2. The number of nitrogens with zero attached hydrogens (tertiary/aromatic N) is 2. The quantitative estimate of drug-likeness (QED) is 0.550. The third kappa shape index (κ3) is 6.07. The molecular weight excluding hydrogens is 372 g/mol. The molecule has 6 nitrogen and oxygen atoms in total. The van der Waals surface area contributed by atoms with E-state index in [1.54, 1.807) is 11.3 Å². The second kappa shape index (κ2) is 10.2. The lowest BCUT2D eigenvalue weighted by Crippen LogP contribution is -2.44. The van der Waals surface area contributed by atoms with Gasteiger partial charge in [0.05, 0.1) is 6.54 Å². The summed E-state index contributed by atoms with van der Waals surface area (Å²) in [5.74, 6) is -1.15. The van der Waals surface area contributed by atoms with Gasteiger partial charge in [0, 0.05) is 43.3 Å². The van der Waals surface area contributed by atoms with E-state index < -0.39 is 11.8 Å². The Bertz CT molecular complexity index is 753. The first kappa shape index (κ1) is 20.4. The largest absolute Gasteiger partial charge is 0.369 e. The molecule has 2 aromatic rings. The van der Waals surface area contributed by atoms with E-state index in [1.807, 2.05) is 17.5 Å². The Morgan fingerprint density at radius 3 is 2.39 bits per heavy atom. The number of carbonyl (C=O) groups is 2. The van der Waals surface area contributed by atoms with Gasteiger partial charge in [-0.3, -0.25) is 9.59 Å². The Morgan fingerprint density at radius 2 is 1.71 bits per heavy atom. The van der Waals surface area contributed by atoms with Crippen molar-refractivity contribution in [1.82, 2.24) is 15.5 Å². The van der Waals surface area contributed by atoms with Crippen LogP contribution in [0.2, 0.25) is 0 Å². The highest BCUT2D eigenvalue weighted by Crippen LogP contribution is 2.17. The first-order valence-corrected chi connectivity index (χ1v) is 10.6.